The largest absolute Gasteiger partial charge is 0.422 e. The predicted octanol–water partition coefficient (Wildman–Crippen LogP) is 0.850. The molecule has 0 unspecified atom stereocenters. The molecular weight excluding hydrogens is 541 g/mol. The number of rotatable bonds is 11. The average molecular weight is 574 g/mol. The van der Waals surface area contributed by atoms with Crippen molar-refractivity contribution in [3.63, 3.8) is 0 Å². The Morgan fingerprint density at radius 2 is 1.54 bits per heavy atom. The molecule has 18 heteroatoms. The van der Waals surface area contributed by atoms with Crippen molar-refractivity contribution >= 4 is 36.8 Å². The van der Waals surface area contributed by atoms with Crippen molar-refractivity contribution in [3.8, 4) is 0 Å². The molecule has 2 fully saturated rings. The number of fused-ring (bicyclic) bond motifs is 1. The van der Waals surface area contributed by atoms with Gasteiger partial charge in [0.05, 0.1) is 45.4 Å². The van der Waals surface area contributed by atoms with Gasteiger partial charge in [-0.15, -0.1) is 0 Å². The highest BCUT2D eigenvalue weighted by atomic mass is 31.2. The number of aromatic nitrogens is 4. The lowest BCUT2D eigenvalue weighted by atomic mass is 10.4. The second kappa shape index (κ2) is 13.8. The molecule has 2 aliphatic heterocycles. The molecule has 2 aromatic rings. The Kier molecular flexibility index (Phi) is 10.2. The zero-order chi connectivity index (χ0) is 27.7. The Morgan fingerprint density at radius 3 is 2.10 bits per heavy atom. The third-order valence-electron chi connectivity index (χ3n) is 5.80. The summed E-state index contributed by atoms with van der Waals surface area (Å²) in [6, 6.07) is 0. The van der Waals surface area contributed by atoms with Crippen molar-refractivity contribution in [1.29, 1.82) is 0 Å². The number of carbonyl (C=O) groups excluding carboxylic acids is 2. The van der Waals surface area contributed by atoms with E-state index in [0.29, 0.717) is 63.8 Å². The molecule has 39 heavy (non-hydrogen) atoms. The Bertz CT molecular complexity index is 1120. The highest BCUT2D eigenvalue weighted by Gasteiger charge is 2.30. The molecule has 4 rings (SSSR count). The van der Waals surface area contributed by atoms with Gasteiger partial charge in [0, 0.05) is 26.2 Å². The topological polar surface area (TPSA) is 192 Å². The molecule has 0 saturated carbocycles. The lowest BCUT2D eigenvalue weighted by molar-refractivity contribution is -0.0254. The smallest absolute Gasteiger partial charge is 0.412 e. The maximum absolute atomic E-state index is 13.4. The molecule has 0 aromatic carbocycles. The van der Waals surface area contributed by atoms with Gasteiger partial charge in [0.2, 0.25) is 13.6 Å². The first-order valence-corrected chi connectivity index (χ1v) is 14.0. The SMILES string of the molecule is C[C@H](Cn1cnc2c(N)ncnc21)OCP(=O)(OCOC(=O)N1CCOCC1)OCOC(=O)N1CCOCC1. The quantitative estimate of drug-likeness (QED) is 0.294. The van der Waals surface area contributed by atoms with Gasteiger partial charge in [-0.1, -0.05) is 0 Å². The molecule has 2 saturated heterocycles. The summed E-state index contributed by atoms with van der Waals surface area (Å²) in [5.41, 5.74) is 6.79. The number of nitrogens with zero attached hydrogens (tertiary/aromatic N) is 6. The number of hydrogen-bond donors (Lipinski definition) is 1. The average Bonchev–Trinajstić information content (AvgIpc) is 3.36. The summed E-state index contributed by atoms with van der Waals surface area (Å²) in [5.74, 6) is 0.247. The standard InChI is InChI=1S/C21H32N7O10P/c1-16(10-28-12-25-17-18(22)23-11-24-19(17)28)36-15-39(31,37-13-34-20(29)26-2-6-32-7-3-26)38-14-35-21(30)27-4-8-33-9-5-27/h11-12,16H,2-10,13-15H2,1H3,(H2,22,23,24)/t16-/m1/s1. The van der Waals surface area contributed by atoms with E-state index in [9.17, 15) is 14.2 Å². The van der Waals surface area contributed by atoms with Gasteiger partial charge >= 0.3 is 19.8 Å². The first kappa shape index (κ1) is 28.9. The van der Waals surface area contributed by atoms with Crippen molar-refractivity contribution in [3.05, 3.63) is 12.7 Å². The fourth-order valence-electron chi connectivity index (χ4n) is 3.68. The number of nitrogens with two attached hydrogens (primary N) is 1. The molecule has 2 amide bonds. The highest BCUT2D eigenvalue weighted by Crippen LogP contribution is 2.48. The normalized spacial score (nSPS) is 17.3. The Balaban J connectivity index is 1.31. The summed E-state index contributed by atoms with van der Waals surface area (Å²) in [6.45, 7) is 3.72. The second-order valence-electron chi connectivity index (χ2n) is 8.56. The van der Waals surface area contributed by atoms with Crippen molar-refractivity contribution in [2.75, 3.05) is 78.3 Å². The van der Waals surface area contributed by atoms with Crippen LogP contribution in [0.15, 0.2) is 12.7 Å². The summed E-state index contributed by atoms with van der Waals surface area (Å²) < 4.78 is 52.1. The third-order valence-corrected chi connectivity index (χ3v) is 7.27. The Morgan fingerprint density at radius 1 is 0.974 bits per heavy atom. The van der Waals surface area contributed by atoms with Crippen molar-refractivity contribution in [2.45, 2.75) is 19.6 Å². The lowest BCUT2D eigenvalue weighted by Gasteiger charge is -2.27. The van der Waals surface area contributed by atoms with Crippen LogP contribution >= 0.6 is 7.60 Å². The molecule has 0 radical (unpaired) electrons. The second-order valence-corrected chi connectivity index (χ2v) is 10.6. The van der Waals surface area contributed by atoms with Gasteiger partial charge in [-0.05, 0) is 6.92 Å². The molecule has 0 spiro atoms. The number of nitrogen functional groups attached to an aromatic ring is 1. The van der Waals surface area contributed by atoms with E-state index in [-0.39, 0.29) is 12.4 Å². The van der Waals surface area contributed by atoms with Gasteiger partial charge in [-0.2, -0.15) is 0 Å². The van der Waals surface area contributed by atoms with Crippen LogP contribution in [-0.4, -0.2) is 120 Å². The maximum atomic E-state index is 13.4. The van der Waals surface area contributed by atoms with Gasteiger partial charge in [0.15, 0.2) is 11.5 Å². The number of ether oxygens (including phenoxy) is 5. The number of carbonyl (C=O) groups is 2. The van der Waals surface area contributed by atoms with E-state index >= 15 is 0 Å². The van der Waals surface area contributed by atoms with Crippen LogP contribution < -0.4 is 5.73 Å². The van der Waals surface area contributed by atoms with Crippen molar-refractivity contribution < 1.29 is 46.9 Å². The maximum Gasteiger partial charge on any atom is 0.412 e. The van der Waals surface area contributed by atoms with Crippen molar-refractivity contribution in [2.24, 2.45) is 0 Å². The number of imidazole rings is 1. The van der Waals surface area contributed by atoms with E-state index in [4.69, 9.17) is 38.5 Å². The number of hydrogen-bond acceptors (Lipinski definition) is 14. The molecule has 216 valence electrons. The minimum absolute atomic E-state index is 0.247. The van der Waals surface area contributed by atoms with Crippen LogP contribution in [0, 0.1) is 0 Å². The van der Waals surface area contributed by atoms with E-state index in [2.05, 4.69) is 15.0 Å². The number of amides is 2. The van der Waals surface area contributed by atoms with Gasteiger partial charge in [-0.3, -0.25) is 13.6 Å². The van der Waals surface area contributed by atoms with Crippen LogP contribution in [0.25, 0.3) is 11.2 Å². The van der Waals surface area contributed by atoms with Crippen LogP contribution in [0.3, 0.4) is 0 Å². The first-order chi connectivity index (χ1) is 18.8. The van der Waals surface area contributed by atoms with Gasteiger partial charge < -0.3 is 43.8 Å². The van der Waals surface area contributed by atoms with E-state index < -0.39 is 45.8 Å². The van der Waals surface area contributed by atoms with Crippen LogP contribution in [-0.2, 0) is 43.8 Å². The molecular formula is C21H32N7O10P. The fraction of sp³-hybridized carbons (Fsp3) is 0.667. The molecule has 1 atom stereocenters. The Hall–Kier alpha value is -3.08. The minimum atomic E-state index is -4.05. The van der Waals surface area contributed by atoms with Gasteiger partial charge in [-0.25, -0.2) is 24.5 Å². The van der Waals surface area contributed by atoms with Gasteiger partial charge in [0.1, 0.15) is 18.2 Å². The van der Waals surface area contributed by atoms with Crippen LogP contribution in [0.1, 0.15) is 6.92 Å². The first-order valence-electron chi connectivity index (χ1n) is 12.2. The minimum Gasteiger partial charge on any atom is -0.422 e. The summed E-state index contributed by atoms with van der Waals surface area (Å²) in [6.07, 6.45) is 0.553. The highest BCUT2D eigenvalue weighted by molar-refractivity contribution is 7.53. The lowest BCUT2D eigenvalue weighted by Crippen LogP contribution is -2.41. The monoisotopic (exact) mass is 573 g/mol. The fourth-order valence-corrected chi connectivity index (χ4v) is 4.77. The van der Waals surface area contributed by atoms with Crippen LogP contribution in [0.5, 0.6) is 0 Å². The molecule has 0 aliphatic carbocycles. The summed E-state index contributed by atoms with van der Waals surface area (Å²) in [5, 5.41) is 0. The number of morpholine rings is 2. The van der Waals surface area contributed by atoms with Gasteiger partial charge in [0.25, 0.3) is 0 Å². The summed E-state index contributed by atoms with van der Waals surface area (Å²) in [4.78, 5) is 39.6. The van der Waals surface area contributed by atoms with Crippen LogP contribution in [0.4, 0.5) is 15.4 Å². The summed E-state index contributed by atoms with van der Waals surface area (Å²) in [7, 11) is -4.05. The number of anilines is 1. The molecule has 4 heterocycles. The molecule has 0 bridgehead atoms. The van der Waals surface area contributed by atoms with E-state index in [1.165, 1.54) is 16.1 Å². The molecule has 2 aromatic heterocycles. The van der Waals surface area contributed by atoms with Crippen molar-refractivity contribution in [1.82, 2.24) is 29.3 Å². The summed E-state index contributed by atoms with van der Waals surface area (Å²) >= 11 is 0. The third kappa shape index (κ3) is 8.20. The predicted molar refractivity (Wildman–Crippen MR) is 132 cm³/mol. The Labute approximate surface area is 223 Å². The molecule has 2 aliphatic rings. The molecule has 2 N–H and O–H groups in total. The van der Waals surface area contributed by atoms with E-state index in [0.717, 1.165) is 0 Å². The van der Waals surface area contributed by atoms with E-state index in [1.807, 2.05) is 0 Å². The zero-order valence-electron chi connectivity index (χ0n) is 21.5. The molecule has 17 nitrogen and oxygen atoms in total. The van der Waals surface area contributed by atoms with E-state index in [1.54, 1.807) is 17.8 Å². The van der Waals surface area contributed by atoms with Crippen LogP contribution in [0.2, 0.25) is 0 Å². The zero-order valence-corrected chi connectivity index (χ0v) is 22.4.